The van der Waals surface area contributed by atoms with Crippen molar-refractivity contribution in [2.75, 3.05) is 29.0 Å². The van der Waals surface area contributed by atoms with Crippen LogP contribution in [0.4, 0.5) is 17.1 Å². The summed E-state index contributed by atoms with van der Waals surface area (Å²) < 4.78 is 53.9. The number of benzene rings is 6. The molecule has 378 valence electrons. The van der Waals surface area contributed by atoms with Crippen LogP contribution in [0.2, 0.25) is 0 Å². The zero-order chi connectivity index (χ0) is 53.2. The number of carboxylic acids is 2. The third kappa shape index (κ3) is 14.4. The highest BCUT2D eigenvalue weighted by atomic mass is 32.2. The molecule has 6 aromatic carbocycles. The van der Waals surface area contributed by atoms with Crippen molar-refractivity contribution in [3.05, 3.63) is 195 Å². The number of rotatable bonds is 21. The molecule has 20 nitrogen and oxygen atoms in total. The molecule has 0 unspecified atom stereocenters. The summed E-state index contributed by atoms with van der Waals surface area (Å²) in [7, 11) is -6.25. The number of hydroxylamine groups is 1. The van der Waals surface area contributed by atoms with Crippen LogP contribution in [0.3, 0.4) is 0 Å². The quantitative estimate of drug-likeness (QED) is 0.0188. The number of nitrogens with zero attached hydrogens (tertiary/aromatic N) is 3. The smallest absolute Gasteiger partial charge is 0.336 e. The monoisotopic (exact) mass is 1030 g/mol. The summed E-state index contributed by atoms with van der Waals surface area (Å²) >= 11 is 0. The van der Waals surface area contributed by atoms with E-state index >= 15 is 0 Å². The Morgan fingerprint density at radius 1 is 0.603 bits per heavy atom. The Bertz CT molecular complexity index is 3420. The molecule has 0 atom stereocenters. The number of sulfonamides is 2. The Morgan fingerprint density at radius 3 is 1.85 bits per heavy atom. The molecule has 22 heteroatoms. The van der Waals surface area contributed by atoms with E-state index in [2.05, 4.69) is 20.5 Å². The van der Waals surface area contributed by atoms with Crippen molar-refractivity contribution < 1.29 is 65.9 Å². The van der Waals surface area contributed by atoms with E-state index in [4.69, 9.17) is 4.84 Å². The summed E-state index contributed by atoms with van der Waals surface area (Å²) in [6, 6.07) is 32.2. The number of aromatic carboxylic acids is 2. The van der Waals surface area contributed by atoms with Crippen LogP contribution < -0.4 is 20.4 Å². The number of anilines is 3. The molecule has 0 saturated carbocycles. The minimum Gasteiger partial charge on any atom is -0.478 e. The first-order chi connectivity index (χ1) is 34.5. The Hall–Kier alpha value is -8.41. The zero-order valence-corrected chi connectivity index (χ0v) is 41.2. The summed E-state index contributed by atoms with van der Waals surface area (Å²) in [5.74, 6) is -6.23. The first kappa shape index (κ1) is 53.9. The summed E-state index contributed by atoms with van der Waals surface area (Å²) in [5, 5.41) is 40.0. The lowest BCUT2D eigenvalue weighted by Crippen LogP contribution is -2.29. The van der Waals surface area contributed by atoms with E-state index in [1.165, 1.54) is 98.9 Å². The van der Waals surface area contributed by atoms with Crippen LogP contribution in [-0.4, -0.2) is 91.0 Å². The predicted molar refractivity (Wildman–Crippen MR) is 270 cm³/mol. The highest BCUT2D eigenvalue weighted by Crippen LogP contribution is 2.24. The van der Waals surface area contributed by atoms with Crippen LogP contribution in [0.5, 0.6) is 0 Å². The fraction of sp³-hybridized carbons (Fsp3) is 0.157. The molecule has 0 fully saturated rings. The number of hydrogen-bond donors (Lipinski definition) is 6. The van der Waals surface area contributed by atoms with E-state index in [1.807, 2.05) is 0 Å². The number of hydrogen-bond acceptors (Lipinski definition) is 13. The van der Waals surface area contributed by atoms with Gasteiger partial charge in [0.15, 0.2) is 5.78 Å². The lowest BCUT2D eigenvalue weighted by Gasteiger charge is -2.19. The molecule has 6 rings (SSSR count). The van der Waals surface area contributed by atoms with Gasteiger partial charge in [-0.2, -0.15) is 5.06 Å². The molecule has 0 aromatic heterocycles. The van der Waals surface area contributed by atoms with Gasteiger partial charge in [-0.1, -0.05) is 65.8 Å². The largest absolute Gasteiger partial charge is 0.478 e. The zero-order valence-electron chi connectivity index (χ0n) is 39.5. The molecule has 0 aliphatic carbocycles. The lowest BCUT2D eigenvalue weighted by molar-refractivity contribution is 0.0683. The molecule has 73 heavy (non-hydrogen) atoms. The number of nitrogens with one attached hydrogen (secondary N) is 3. The van der Waals surface area contributed by atoms with Crippen molar-refractivity contribution in [2.24, 2.45) is 5.16 Å². The van der Waals surface area contributed by atoms with Gasteiger partial charge in [-0.05, 0) is 109 Å². The average molecular weight is 1030 g/mol. The van der Waals surface area contributed by atoms with Crippen LogP contribution in [0.25, 0.3) is 0 Å². The van der Waals surface area contributed by atoms with Crippen molar-refractivity contribution >= 4 is 78.3 Å². The predicted octanol–water partition coefficient (Wildman–Crippen LogP) is 6.78. The summed E-state index contributed by atoms with van der Waals surface area (Å²) in [6.07, 6.45) is 1.03. The summed E-state index contributed by atoms with van der Waals surface area (Å²) in [4.78, 5) is 81.9. The first-order valence-corrected chi connectivity index (χ1v) is 25.3. The topological polar surface area (TPSA) is 296 Å². The van der Waals surface area contributed by atoms with E-state index in [9.17, 15) is 61.0 Å². The molecule has 3 amide bonds. The Labute approximate surface area is 419 Å². The molecule has 0 spiro atoms. The van der Waals surface area contributed by atoms with Crippen LogP contribution in [0.15, 0.2) is 139 Å². The Morgan fingerprint density at radius 2 is 1.18 bits per heavy atom. The fourth-order valence-corrected chi connectivity index (χ4v) is 8.66. The normalized spacial score (nSPS) is 11.7. The fourth-order valence-electron chi connectivity index (χ4n) is 7.17. The number of Topliss-reactive ketones (excluding diaryl/α,β-unsaturated/α-hetero) is 1. The van der Waals surface area contributed by atoms with Crippen molar-refractivity contribution in [2.45, 2.75) is 39.3 Å². The number of oxime groups is 1. The van der Waals surface area contributed by atoms with Crippen molar-refractivity contribution in [3.8, 4) is 0 Å². The van der Waals surface area contributed by atoms with Crippen LogP contribution >= 0.6 is 0 Å². The maximum Gasteiger partial charge on any atom is 0.336 e. The Kier molecular flexibility index (Phi) is 17.2. The van der Waals surface area contributed by atoms with E-state index < -0.39 is 61.2 Å². The van der Waals surface area contributed by atoms with Crippen LogP contribution in [0, 0.1) is 0 Å². The molecule has 0 saturated heterocycles. The van der Waals surface area contributed by atoms with Gasteiger partial charge in [0.1, 0.15) is 6.61 Å². The van der Waals surface area contributed by atoms with Crippen molar-refractivity contribution in [1.82, 2.24) is 9.03 Å². The lowest BCUT2D eigenvalue weighted by atomic mass is 10.0. The van der Waals surface area contributed by atoms with Gasteiger partial charge in [0, 0.05) is 42.6 Å². The third-order valence-corrected chi connectivity index (χ3v) is 13.5. The van der Waals surface area contributed by atoms with Gasteiger partial charge >= 0.3 is 11.9 Å². The van der Waals surface area contributed by atoms with Gasteiger partial charge in [0.25, 0.3) is 17.7 Å². The van der Waals surface area contributed by atoms with Gasteiger partial charge in [0.05, 0.1) is 51.2 Å². The van der Waals surface area contributed by atoms with Gasteiger partial charge in [-0.25, -0.2) is 35.5 Å². The molecule has 0 aliphatic heterocycles. The maximum absolute atomic E-state index is 13.6. The van der Waals surface area contributed by atoms with E-state index in [0.717, 1.165) is 10.6 Å². The molecule has 6 N–H and O–H groups in total. The highest BCUT2D eigenvalue weighted by molar-refractivity contribution is 7.88. The number of carbonyl (C=O) groups excluding carboxylic acids is 4. The molecule has 0 heterocycles. The van der Waals surface area contributed by atoms with Gasteiger partial charge in [-0.15, -0.1) is 0 Å². The summed E-state index contributed by atoms with van der Waals surface area (Å²) in [6.45, 7) is 2.35. The van der Waals surface area contributed by atoms with Crippen LogP contribution in [-0.2, 0) is 50.3 Å². The number of amides is 3. The first-order valence-electron chi connectivity index (χ1n) is 21.8. The van der Waals surface area contributed by atoms with Gasteiger partial charge in [-0.3, -0.25) is 24.4 Å². The molecule has 0 bridgehead atoms. The van der Waals surface area contributed by atoms with E-state index in [0.29, 0.717) is 38.7 Å². The minimum absolute atomic E-state index is 0.00475. The molecule has 0 radical (unpaired) electrons. The van der Waals surface area contributed by atoms with Crippen LogP contribution in [0.1, 0.15) is 104 Å². The number of carbonyl (C=O) groups is 6. The van der Waals surface area contributed by atoms with Crippen molar-refractivity contribution in [1.29, 1.82) is 0 Å². The molecular formula is C51H48N6O14S2. The molecular weight excluding hydrogens is 985 g/mol. The second kappa shape index (κ2) is 23.2. The van der Waals surface area contributed by atoms with E-state index in [1.54, 1.807) is 55.5 Å². The molecule has 0 aliphatic rings. The minimum atomic E-state index is -4.10. The van der Waals surface area contributed by atoms with Crippen molar-refractivity contribution in [3.63, 3.8) is 0 Å². The second-order valence-electron chi connectivity index (χ2n) is 16.5. The highest BCUT2D eigenvalue weighted by Gasteiger charge is 2.24. The van der Waals surface area contributed by atoms with Gasteiger partial charge < -0.3 is 25.7 Å². The standard InChI is InChI=1S/C51H48N6O14S2/c1-31(37-12-9-14-39(26-37)54-47(59)41-16-5-6-17-43(41)50(62)63)55-71-29-35-18-21-44(51(64)65)46(24-35)48(60)53-38-13-7-10-33(22-38)27-52-73(69,70)30-36-19-20-42(45(25-36)32(2)58)49(61)57(66)40-15-8-11-34(23-40)28-56(3)72(4,67)68/h5-26,52,66H,27-30H2,1-4H3,(H,53,60)(H,54,59)(H,62,63)(H,64,65)/b55-31+. The maximum atomic E-state index is 13.6. The number of ketones is 1. The number of carboxylic acid groups (broad SMARTS) is 2. The van der Waals surface area contributed by atoms with Gasteiger partial charge in [0.2, 0.25) is 20.0 Å². The SMILES string of the molecule is CC(=O)c1cc(CS(=O)(=O)NCc2cccc(NC(=O)c3cc(CO/N=C(\C)c4cccc(NC(=O)c5ccccc5C(=O)O)c4)ccc3C(=O)O)c2)ccc1C(=O)N(O)c1cccc(CN(C)S(C)(=O)=O)c1. The average Bonchev–Trinajstić information content (AvgIpc) is 3.35. The third-order valence-electron chi connectivity index (χ3n) is 11.0. The molecule has 6 aromatic rings. The Balaban J connectivity index is 1.07. The summed E-state index contributed by atoms with van der Waals surface area (Å²) in [5.41, 5.74) is 1.86. The second-order valence-corrected chi connectivity index (χ2v) is 20.4. The van der Waals surface area contributed by atoms with E-state index in [-0.39, 0.29) is 70.0 Å².